The van der Waals surface area contributed by atoms with Gasteiger partial charge in [0.05, 0.1) is 5.69 Å². The average molecular weight is 242 g/mol. The SMILES string of the molecule is CCC(=O)Nc1cccc(C)c1Br. The quantitative estimate of drug-likeness (QED) is 0.848. The largest absolute Gasteiger partial charge is 0.325 e. The molecule has 1 aromatic carbocycles. The molecule has 0 radical (unpaired) electrons. The zero-order chi connectivity index (χ0) is 9.84. The van der Waals surface area contributed by atoms with E-state index in [9.17, 15) is 4.79 Å². The van der Waals surface area contributed by atoms with E-state index in [0.29, 0.717) is 6.42 Å². The second-order valence-corrected chi connectivity index (χ2v) is 3.63. The number of halogens is 1. The van der Waals surface area contributed by atoms with Crippen molar-refractivity contribution in [2.45, 2.75) is 20.3 Å². The molecule has 0 aromatic heterocycles. The van der Waals surface area contributed by atoms with Gasteiger partial charge in [0, 0.05) is 10.9 Å². The first-order valence-electron chi connectivity index (χ1n) is 4.20. The molecule has 0 bridgehead atoms. The van der Waals surface area contributed by atoms with Gasteiger partial charge in [0.1, 0.15) is 0 Å². The van der Waals surface area contributed by atoms with E-state index in [2.05, 4.69) is 21.2 Å². The molecule has 3 heteroatoms. The maximum absolute atomic E-state index is 11.1. The van der Waals surface area contributed by atoms with Crippen molar-refractivity contribution in [1.29, 1.82) is 0 Å². The van der Waals surface area contributed by atoms with Crippen LogP contribution in [0.2, 0.25) is 0 Å². The fourth-order valence-electron chi connectivity index (χ4n) is 0.983. The Kier molecular flexibility index (Phi) is 3.48. The molecule has 0 aliphatic rings. The van der Waals surface area contributed by atoms with Gasteiger partial charge in [0.2, 0.25) is 5.91 Å². The summed E-state index contributed by atoms with van der Waals surface area (Å²) in [5.41, 5.74) is 1.96. The van der Waals surface area contributed by atoms with E-state index < -0.39 is 0 Å². The predicted molar refractivity (Wildman–Crippen MR) is 57.8 cm³/mol. The Balaban J connectivity index is 2.89. The number of hydrogen-bond acceptors (Lipinski definition) is 1. The standard InChI is InChI=1S/C10H12BrNO/c1-3-9(13)12-8-6-4-5-7(2)10(8)11/h4-6H,3H2,1-2H3,(H,12,13). The zero-order valence-electron chi connectivity index (χ0n) is 7.73. The molecule has 0 spiro atoms. The van der Waals surface area contributed by atoms with Crippen molar-refractivity contribution < 1.29 is 4.79 Å². The Labute approximate surface area is 86.5 Å². The Morgan fingerprint density at radius 3 is 2.85 bits per heavy atom. The lowest BCUT2D eigenvalue weighted by Crippen LogP contribution is -2.09. The fraction of sp³-hybridized carbons (Fsp3) is 0.300. The second kappa shape index (κ2) is 4.42. The average Bonchev–Trinajstić information content (AvgIpc) is 2.13. The molecular formula is C10H12BrNO. The summed E-state index contributed by atoms with van der Waals surface area (Å²) in [5, 5.41) is 2.81. The summed E-state index contributed by atoms with van der Waals surface area (Å²) in [6.07, 6.45) is 0.500. The van der Waals surface area contributed by atoms with E-state index in [1.54, 1.807) is 0 Å². The third-order valence-corrected chi connectivity index (χ3v) is 2.84. The minimum Gasteiger partial charge on any atom is -0.325 e. The molecule has 0 saturated heterocycles. The number of carbonyl (C=O) groups excluding carboxylic acids is 1. The van der Waals surface area contributed by atoms with Crippen LogP contribution < -0.4 is 5.32 Å². The highest BCUT2D eigenvalue weighted by atomic mass is 79.9. The molecular weight excluding hydrogens is 230 g/mol. The molecule has 0 aliphatic carbocycles. The Morgan fingerprint density at radius 1 is 1.54 bits per heavy atom. The van der Waals surface area contributed by atoms with Crippen molar-refractivity contribution in [3.8, 4) is 0 Å². The molecule has 0 fully saturated rings. The highest BCUT2D eigenvalue weighted by Gasteiger charge is 2.04. The molecule has 1 rings (SSSR count). The third kappa shape index (κ3) is 2.56. The summed E-state index contributed by atoms with van der Waals surface area (Å²) in [6, 6.07) is 5.79. The molecule has 70 valence electrons. The van der Waals surface area contributed by atoms with Gasteiger partial charge in [-0.1, -0.05) is 19.1 Å². The molecule has 0 aliphatic heterocycles. The van der Waals surface area contributed by atoms with Crippen LogP contribution in [0.15, 0.2) is 22.7 Å². The van der Waals surface area contributed by atoms with E-state index in [-0.39, 0.29) is 5.91 Å². The number of anilines is 1. The van der Waals surface area contributed by atoms with Gasteiger partial charge in [-0.25, -0.2) is 0 Å². The third-order valence-electron chi connectivity index (χ3n) is 1.79. The highest BCUT2D eigenvalue weighted by Crippen LogP contribution is 2.25. The van der Waals surface area contributed by atoms with Crippen molar-refractivity contribution in [2.75, 3.05) is 5.32 Å². The molecule has 2 nitrogen and oxygen atoms in total. The smallest absolute Gasteiger partial charge is 0.224 e. The van der Waals surface area contributed by atoms with Crippen LogP contribution in [0.3, 0.4) is 0 Å². The summed E-state index contributed by atoms with van der Waals surface area (Å²) < 4.78 is 0.955. The summed E-state index contributed by atoms with van der Waals surface area (Å²) in [5.74, 6) is 0.0336. The normalized spacial score (nSPS) is 9.77. The number of rotatable bonds is 2. The Bertz CT molecular complexity index is 323. The summed E-state index contributed by atoms with van der Waals surface area (Å²) in [4.78, 5) is 11.1. The lowest BCUT2D eigenvalue weighted by molar-refractivity contribution is -0.115. The van der Waals surface area contributed by atoms with Crippen LogP contribution in [0.4, 0.5) is 5.69 Å². The molecule has 0 heterocycles. The van der Waals surface area contributed by atoms with Crippen LogP contribution in [-0.4, -0.2) is 5.91 Å². The van der Waals surface area contributed by atoms with Crippen molar-refractivity contribution in [2.24, 2.45) is 0 Å². The molecule has 1 aromatic rings. The maximum Gasteiger partial charge on any atom is 0.224 e. The van der Waals surface area contributed by atoms with Crippen LogP contribution in [0.25, 0.3) is 0 Å². The summed E-state index contributed by atoms with van der Waals surface area (Å²) >= 11 is 3.42. The first-order valence-corrected chi connectivity index (χ1v) is 4.99. The molecule has 1 N–H and O–H groups in total. The number of hydrogen-bond donors (Lipinski definition) is 1. The van der Waals surface area contributed by atoms with Crippen molar-refractivity contribution in [3.05, 3.63) is 28.2 Å². The lowest BCUT2D eigenvalue weighted by atomic mass is 10.2. The minimum absolute atomic E-state index is 0.0336. The molecule has 1 amide bonds. The molecule has 0 atom stereocenters. The molecule has 0 saturated carbocycles. The number of aryl methyl sites for hydroxylation is 1. The fourth-order valence-corrected chi connectivity index (χ4v) is 1.35. The van der Waals surface area contributed by atoms with E-state index in [1.807, 2.05) is 32.0 Å². The van der Waals surface area contributed by atoms with E-state index in [4.69, 9.17) is 0 Å². The van der Waals surface area contributed by atoms with Gasteiger partial charge in [-0.2, -0.15) is 0 Å². The minimum atomic E-state index is 0.0336. The Hall–Kier alpha value is -0.830. The van der Waals surface area contributed by atoms with Gasteiger partial charge >= 0.3 is 0 Å². The van der Waals surface area contributed by atoms with Gasteiger partial charge in [-0.3, -0.25) is 4.79 Å². The number of nitrogens with one attached hydrogen (secondary N) is 1. The van der Waals surface area contributed by atoms with Gasteiger partial charge in [-0.15, -0.1) is 0 Å². The predicted octanol–water partition coefficient (Wildman–Crippen LogP) is 3.11. The summed E-state index contributed by atoms with van der Waals surface area (Å²) in [7, 11) is 0. The molecule has 0 unspecified atom stereocenters. The lowest BCUT2D eigenvalue weighted by Gasteiger charge is -2.07. The van der Waals surface area contributed by atoms with Crippen LogP contribution in [0.5, 0.6) is 0 Å². The van der Waals surface area contributed by atoms with E-state index in [0.717, 1.165) is 15.7 Å². The van der Waals surface area contributed by atoms with Crippen LogP contribution in [0.1, 0.15) is 18.9 Å². The monoisotopic (exact) mass is 241 g/mol. The van der Waals surface area contributed by atoms with Gasteiger partial charge in [0.15, 0.2) is 0 Å². The maximum atomic E-state index is 11.1. The first-order chi connectivity index (χ1) is 6.15. The van der Waals surface area contributed by atoms with Crippen LogP contribution in [-0.2, 0) is 4.79 Å². The topological polar surface area (TPSA) is 29.1 Å². The Morgan fingerprint density at radius 2 is 2.23 bits per heavy atom. The number of amides is 1. The summed E-state index contributed by atoms with van der Waals surface area (Å²) in [6.45, 7) is 3.82. The van der Waals surface area contributed by atoms with Crippen molar-refractivity contribution in [1.82, 2.24) is 0 Å². The van der Waals surface area contributed by atoms with Gasteiger partial charge in [0.25, 0.3) is 0 Å². The highest BCUT2D eigenvalue weighted by molar-refractivity contribution is 9.10. The van der Waals surface area contributed by atoms with Gasteiger partial charge in [-0.05, 0) is 34.5 Å². The van der Waals surface area contributed by atoms with Crippen LogP contribution >= 0.6 is 15.9 Å². The second-order valence-electron chi connectivity index (χ2n) is 2.84. The number of carbonyl (C=O) groups is 1. The zero-order valence-corrected chi connectivity index (χ0v) is 9.31. The number of benzene rings is 1. The van der Waals surface area contributed by atoms with Gasteiger partial charge < -0.3 is 5.32 Å². The molecule has 13 heavy (non-hydrogen) atoms. The van der Waals surface area contributed by atoms with E-state index in [1.165, 1.54) is 0 Å². The van der Waals surface area contributed by atoms with Crippen molar-refractivity contribution >= 4 is 27.5 Å². The van der Waals surface area contributed by atoms with E-state index >= 15 is 0 Å². The van der Waals surface area contributed by atoms with Crippen molar-refractivity contribution in [3.63, 3.8) is 0 Å². The first kappa shape index (κ1) is 10.3. The van der Waals surface area contributed by atoms with Crippen LogP contribution in [0, 0.1) is 6.92 Å².